The number of hydrogen-bond donors (Lipinski definition) is 1. The fourth-order valence-electron chi connectivity index (χ4n) is 1.67. The molecule has 3 rings (SSSR count). The highest BCUT2D eigenvalue weighted by Crippen LogP contribution is 2.15. The van der Waals surface area contributed by atoms with Crippen molar-refractivity contribution in [3.63, 3.8) is 0 Å². The second-order valence-corrected chi connectivity index (χ2v) is 3.25. The Balaban J connectivity index is 2.70. The first-order chi connectivity index (χ1) is 7.36. The minimum Gasteiger partial charge on any atom is -0.306 e. The predicted octanol–water partition coefficient (Wildman–Crippen LogP) is 1.47. The molecule has 1 N–H and O–H groups in total. The zero-order valence-electron chi connectivity index (χ0n) is 7.77. The molecule has 0 aromatic carbocycles. The number of pyridine rings is 3. The smallest absolute Gasteiger partial charge is 0.259 e. The van der Waals surface area contributed by atoms with Crippen LogP contribution in [-0.2, 0) is 0 Å². The third-order valence-electron chi connectivity index (χ3n) is 2.35. The third-order valence-corrected chi connectivity index (χ3v) is 2.35. The highest BCUT2D eigenvalue weighted by Gasteiger charge is 2.04. The number of rotatable bonds is 0. The van der Waals surface area contributed by atoms with Gasteiger partial charge in [-0.1, -0.05) is 0 Å². The number of aromatic amines is 1. The van der Waals surface area contributed by atoms with Gasteiger partial charge in [0.25, 0.3) is 5.56 Å². The molecular weight excluding hydrogens is 190 g/mol. The summed E-state index contributed by atoms with van der Waals surface area (Å²) in [7, 11) is 0. The molecule has 0 aliphatic carbocycles. The average Bonchev–Trinajstić information content (AvgIpc) is 2.30. The second kappa shape index (κ2) is 2.88. The molecule has 3 aromatic heterocycles. The molecular formula is C11H7N3O. The van der Waals surface area contributed by atoms with Gasteiger partial charge in [0.1, 0.15) is 5.65 Å². The van der Waals surface area contributed by atoms with E-state index in [0.717, 1.165) is 5.39 Å². The molecule has 0 aliphatic rings. The van der Waals surface area contributed by atoms with Gasteiger partial charge in [0.15, 0.2) is 0 Å². The summed E-state index contributed by atoms with van der Waals surface area (Å²) in [6, 6.07) is 7.23. The Morgan fingerprint density at radius 3 is 2.60 bits per heavy atom. The Kier molecular flexibility index (Phi) is 1.56. The van der Waals surface area contributed by atoms with Crippen molar-refractivity contribution in [2.45, 2.75) is 0 Å². The standard InChI is InChI=1S/C11H7N3O/c15-11-8-4-2-5-12-9(8)7-3-1-6-13-10(7)14-11/h1-6H,(H,13,14,15). The summed E-state index contributed by atoms with van der Waals surface area (Å²) < 4.78 is 0. The first kappa shape index (κ1) is 8.11. The van der Waals surface area contributed by atoms with Crippen LogP contribution >= 0.6 is 0 Å². The molecule has 0 spiro atoms. The van der Waals surface area contributed by atoms with Crippen LogP contribution in [0, 0.1) is 0 Å². The van der Waals surface area contributed by atoms with Crippen LogP contribution in [0.4, 0.5) is 0 Å². The lowest BCUT2D eigenvalue weighted by molar-refractivity contribution is 1.24. The summed E-state index contributed by atoms with van der Waals surface area (Å²) in [5.41, 5.74) is 1.13. The average molecular weight is 197 g/mol. The van der Waals surface area contributed by atoms with Crippen molar-refractivity contribution < 1.29 is 0 Å². The number of aromatic nitrogens is 3. The van der Waals surface area contributed by atoms with Crippen LogP contribution in [0.15, 0.2) is 41.5 Å². The van der Waals surface area contributed by atoms with Crippen molar-refractivity contribution in [1.29, 1.82) is 0 Å². The maximum absolute atomic E-state index is 11.7. The van der Waals surface area contributed by atoms with Gasteiger partial charge in [0, 0.05) is 17.8 Å². The minimum atomic E-state index is -0.149. The molecule has 0 amide bonds. The highest BCUT2D eigenvalue weighted by atomic mass is 16.1. The summed E-state index contributed by atoms with van der Waals surface area (Å²) in [6.45, 7) is 0. The molecule has 72 valence electrons. The molecule has 3 aromatic rings. The van der Waals surface area contributed by atoms with Crippen LogP contribution in [0.2, 0.25) is 0 Å². The van der Waals surface area contributed by atoms with Gasteiger partial charge in [-0.3, -0.25) is 9.78 Å². The molecule has 0 aliphatic heterocycles. The highest BCUT2D eigenvalue weighted by molar-refractivity contribution is 6.00. The quantitative estimate of drug-likeness (QED) is 0.555. The van der Waals surface area contributed by atoms with E-state index in [1.807, 2.05) is 12.1 Å². The Labute approximate surface area is 84.6 Å². The van der Waals surface area contributed by atoms with E-state index in [-0.39, 0.29) is 5.56 Å². The number of hydrogen-bond acceptors (Lipinski definition) is 3. The summed E-state index contributed by atoms with van der Waals surface area (Å²) in [6.07, 6.45) is 3.32. The van der Waals surface area contributed by atoms with Gasteiger partial charge >= 0.3 is 0 Å². The van der Waals surface area contributed by atoms with Crippen LogP contribution < -0.4 is 5.56 Å². The number of nitrogens with zero attached hydrogens (tertiary/aromatic N) is 2. The fraction of sp³-hybridized carbons (Fsp3) is 0. The van der Waals surface area contributed by atoms with Crippen molar-refractivity contribution in [3.8, 4) is 0 Å². The minimum absolute atomic E-state index is 0.149. The Bertz CT molecular complexity index is 703. The Morgan fingerprint density at radius 1 is 1.00 bits per heavy atom. The maximum atomic E-state index is 11.7. The number of fused-ring (bicyclic) bond motifs is 3. The lowest BCUT2D eigenvalue weighted by Gasteiger charge is -2.00. The monoisotopic (exact) mass is 197 g/mol. The molecule has 4 heteroatoms. The van der Waals surface area contributed by atoms with Gasteiger partial charge in [0.05, 0.1) is 10.9 Å². The van der Waals surface area contributed by atoms with Crippen LogP contribution in [0.25, 0.3) is 21.9 Å². The summed E-state index contributed by atoms with van der Waals surface area (Å²) in [5.74, 6) is 0. The lowest BCUT2D eigenvalue weighted by atomic mass is 10.2. The third kappa shape index (κ3) is 1.11. The lowest BCUT2D eigenvalue weighted by Crippen LogP contribution is -2.07. The second-order valence-electron chi connectivity index (χ2n) is 3.25. The van der Waals surface area contributed by atoms with E-state index in [2.05, 4.69) is 15.0 Å². The molecule has 3 heterocycles. The SMILES string of the molecule is O=c1[nH]c2ncccc2c2ncccc12. The van der Waals surface area contributed by atoms with Crippen LogP contribution in [0.3, 0.4) is 0 Å². The van der Waals surface area contributed by atoms with E-state index in [1.165, 1.54) is 0 Å². The largest absolute Gasteiger partial charge is 0.306 e. The fourth-order valence-corrected chi connectivity index (χ4v) is 1.67. The Hall–Kier alpha value is -2.23. The molecule has 15 heavy (non-hydrogen) atoms. The molecule has 0 radical (unpaired) electrons. The molecule has 0 fully saturated rings. The van der Waals surface area contributed by atoms with E-state index in [4.69, 9.17) is 0 Å². The van der Waals surface area contributed by atoms with Crippen molar-refractivity contribution in [2.24, 2.45) is 0 Å². The molecule has 0 saturated heterocycles. The van der Waals surface area contributed by atoms with Gasteiger partial charge in [-0.2, -0.15) is 0 Å². The van der Waals surface area contributed by atoms with E-state index < -0.39 is 0 Å². The number of nitrogens with one attached hydrogen (secondary N) is 1. The number of H-pyrrole nitrogens is 1. The first-order valence-electron chi connectivity index (χ1n) is 4.58. The van der Waals surface area contributed by atoms with E-state index in [9.17, 15) is 4.79 Å². The van der Waals surface area contributed by atoms with Crippen molar-refractivity contribution >= 4 is 21.9 Å². The summed E-state index contributed by atoms with van der Waals surface area (Å²) >= 11 is 0. The zero-order valence-corrected chi connectivity index (χ0v) is 7.77. The van der Waals surface area contributed by atoms with Crippen LogP contribution in [0.1, 0.15) is 0 Å². The topological polar surface area (TPSA) is 58.6 Å². The van der Waals surface area contributed by atoms with Crippen molar-refractivity contribution in [2.75, 3.05) is 0 Å². The van der Waals surface area contributed by atoms with E-state index in [1.54, 1.807) is 24.5 Å². The van der Waals surface area contributed by atoms with Gasteiger partial charge in [-0.15, -0.1) is 0 Å². The molecule has 4 nitrogen and oxygen atoms in total. The molecule has 0 bridgehead atoms. The normalized spacial score (nSPS) is 10.9. The summed E-state index contributed by atoms with van der Waals surface area (Å²) in [5, 5.41) is 1.46. The van der Waals surface area contributed by atoms with Crippen LogP contribution in [0.5, 0.6) is 0 Å². The van der Waals surface area contributed by atoms with Crippen molar-refractivity contribution in [1.82, 2.24) is 15.0 Å². The zero-order chi connectivity index (χ0) is 10.3. The molecule has 0 atom stereocenters. The first-order valence-corrected chi connectivity index (χ1v) is 4.58. The Morgan fingerprint density at radius 2 is 1.73 bits per heavy atom. The van der Waals surface area contributed by atoms with Gasteiger partial charge in [-0.05, 0) is 24.3 Å². The van der Waals surface area contributed by atoms with E-state index in [0.29, 0.717) is 16.6 Å². The van der Waals surface area contributed by atoms with Gasteiger partial charge in [-0.25, -0.2) is 4.98 Å². The van der Waals surface area contributed by atoms with Gasteiger partial charge < -0.3 is 4.98 Å². The van der Waals surface area contributed by atoms with Gasteiger partial charge in [0.2, 0.25) is 0 Å². The molecule has 0 saturated carbocycles. The van der Waals surface area contributed by atoms with E-state index >= 15 is 0 Å². The summed E-state index contributed by atoms with van der Waals surface area (Å²) in [4.78, 5) is 22.7. The van der Waals surface area contributed by atoms with Crippen molar-refractivity contribution in [3.05, 3.63) is 47.0 Å². The molecule has 0 unspecified atom stereocenters. The van der Waals surface area contributed by atoms with Crippen LogP contribution in [-0.4, -0.2) is 15.0 Å². The predicted molar refractivity (Wildman–Crippen MR) is 57.7 cm³/mol. The maximum Gasteiger partial charge on any atom is 0.259 e.